The summed E-state index contributed by atoms with van der Waals surface area (Å²) in [5.41, 5.74) is 1.97. The van der Waals surface area contributed by atoms with E-state index in [2.05, 4.69) is 4.98 Å². The van der Waals surface area contributed by atoms with Crippen molar-refractivity contribution in [2.75, 3.05) is 0 Å². The van der Waals surface area contributed by atoms with Crippen LogP contribution >= 0.6 is 0 Å². The Bertz CT molecular complexity index is 508. The number of carbonyl (C=O) groups is 1. The molecule has 1 aromatic heterocycles. The predicted molar refractivity (Wildman–Crippen MR) is 65.0 cm³/mol. The van der Waals surface area contributed by atoms with E-state index in [1.807, 2.05) is 13.0 Å². The van der Waals surface area contributed by atoms with Crippen LogP contribution in [0.2, 0.25) is 5.82 Å². The van der Waals surface area contributed by atoms with Crippen LogP contribution in [-0.2, 0) is 4.79 Å². The Balaban J connectivity index is 2.37. The lowest BCUT2D eigenvalue weighted by molar-refractivity contribution is -0.113. The first-order chi connectivity index (χ1) is 8.09. The lowest BCUT2D eigenvalue weighted by Crippen LogP contribution is -2.27. The molecule has 0 bridgehead atoms. The number of hydrogen-bond acceptors (Lipinski definition) is 4. The highest BCUT2D eigenvalue weighted by Gasteiger charge is 2.32. The maximum atomic E-state index is 12.0. The number of ketones is 1. The van der Waals surface area contributed by atoms with Crippen LogP contribution in [0.15, 0.2) is 36.6 Å². The second-order valence-electron chi connectivity index (χ2n) is 3.99. The van der Waals surface area contributed by atoms with Crippen molar-refractivity contribution in [3.05, 3.63) is 47.8 Å². The van der Waals surface area contributed by atoms with Crippen molar-refractivity contribution in [3.8, 4) is 0 Å². The molecule has 2 rings (SSSR count). The van der Waals surface area contributed by atoms with Crippen molar-refractivity contribution >= 4 is 18.5 Å². The summed E-state index contributed by atoms with van der Waals surface area (Å²) in [6.07, 6.45) is 6.39. The van der Waals surface area contributed by atoms with Gasteiger partial charge in [-0.3, -0.25) is 9.78 Å². The fraction of sp³-hybridized carbons (Fsp3) is 0.167. The number of rotatable bonds is 2. The molecule has 0 amide bonds. The average Bonchev–Trinajstić information content (AvgIpc) is 2.29. The van der Waals surface area contributed by atoms with E-state index in [1.54, 1.807) is 24.4 Å². The summed E-state index contributed by atoms with van der Waals surface area (Å²) in [5, 5.41) is 18.2. The van der Waals surface area contributed by atoms with Gasteiger partial charge in [0.05, 0.1) is 11.5 Å². The summed E-state index contributed by atoms with van der Waals surface area (Å²) in [6.45, 7) is 1.91. The Morgan fingerprint density at radius 2 is 2.18 bits per heavy atom. The zero-order valence-corrected chi connectivity index (χ0v) is 9.37. The average molecular weight is 229 g/mol. The molecule has 0 aromatic carbocycles. The minimum Gasteiger partial charge on any atom is -0.426 e. The van der Waals surface area contributed by atoms with Crippen LogP contribution in [0.4, 0.5) is 0 Å². The molecule has 1 aromatic rings. The first-order valence-corrected chi connectivity index (χ1v) is 5.31. The Kier molecular flexibility index (Phi) is 3.22. The molecule has 1 unspecified atom stereocenters. The van der Waals surface area contributed by atoms with E-state index in [0.717, 1.165) is 5.56 Å². The molecular weight excluding hydrogens is 217 g/mol. The molecule has 17 heavy (non-hydrogen) atoms. The molecule has 0 fully saturated rings. The van der Waals surface area contributed by atoms with Crippen LogP contribution in [0.5, 0.6) is 0 Å². The summed E-state index contributed by atoms with van der Waals surface area (Å²) in [6, 6.07) is 3.63. The van der Waals surface area contributed by atoms with E-state index < -0.39 is 12.9 Å². The molecule has 2 N–H and O–H groups in total. The molecule has 5 heteroatoms. The predicted octanol–water partition coefficient (Wildman–Crippen LogP) is 0.755. The molecule has 0 aliphatic heterocycles. The van der Waals surface area contributed by atoms with Crippen LogP contribution in [0.3, 0.4) is 0 Å². The number of pyridine rings is 1. The second-order valence-corrected chi connectivity index (χ2v) is 3.99. The van der Waals surface area contributed by atoms with Gasteiger partial charge in [-0.2, -0.15) is 0 Å². The maximum Gasteiger partial charge on any atom is 0.466 e. The number of aromatic nitrogens is 1. The normalized spacial score (nSPS) is 19.1. The molecule has 1 aliphatic rings. The third kappa shape index (κ3) is 2.35. The molecule has 0 spiro atoms. The van der Waals surface area contributed by atoms with Gasteiger partial charge in [-0.05, 0) is 30.7 Å². The van der Waals surface area contributed by atoms with Crippen molar-refractivity contribution < 1.29 is 14.8 Å². The van der Waals surface area contributed by atoms with Gasteiger partial charge in [0.1, 0.15) is 0 Å². The monoisotopic (exact) mass is 229 g/mol. The molecule has 1 aliphatic carbocycles. The van der Waals surface area contributed by atoms with Gasteiger partial charge in [0.2, 0.25) is 0 Å². The fourth-order valence-corrected chi connectivity index (χ4v) is 1.75. The van der Waals surface area contributed by atoms with Crippen LogP contribution < -0.4 is 0 Å². The zero-order valence-electron chi connectivity index (χ0n) is 9.37. The molecule has 0 radical (unpaired) electrons. The van der Waals surface area contributed by atoms with Crippen molar-refractivity contribution in [3.63, 3.8) is 0 Å². The molecule has 86 valence electrons. The Morgan fingerprint density at radius 1 is 1.41 bits per heavy atom. The Morgan fingerprint density at radius 3 is 2.82 bits per heavy atom. The highest BCUT2D eigenvalue weighted by atomic mass is 16.4. The van der Waals surface area contributed by atoms with E-state index in [0.29, 0.717) is 11.3 Å². The van der Waals surface area contributed by atoms with Gasteiger partial charge >= 0.3 is 7.12 Å². The highest BCUT2D eigenvalue weighted by molar-refractivity contribution is 6.54. The number of allylic oxidation sites excluding steroid dienone is 4. The first-order valence-electron chi connectivity index (χ1n) is 5.31. The van der Waals surface area contributed by atoms with Gasteiger partial charge in [-0.15, -0.1) is 0 Å². The second kappa shape index (κ2) is 4.65. The minimum atomic E-state index is -1.67. The van der Waals surface area contributed by atoms with Crippen molar-refractivity contribution in [2.24, 2.45) is 0 Å². The summed E-state index contributed by atoms with van der Waals surface area (Å²) in [7, 11) is -1.67. The van der Waals surface area contributed by atoms with E-state index in [9.17, 15) is 4.79 Å². The smallest absolute Gasteiger partial charge is 0.426 e. The van der Waals surface area contributed by atoms with Gasteiger partial charge < -0.3 is 10.0 Å². The maximum absolute atomic E-state index is 12.0. The summed E-state index contributed by atoms with van der Waals surface area (Å²) in [4.78, 5) is 16.1. The topological polar surface area (TPSA) is 70.4 Å². The van der Waals surface area contributed by atoms with Gasteiger partial charge in [0, 0.05) is 11.8 Å². The first kappa shape index (κ1) is 11.8. The number of Topliss-reactive ketones (excluding diaryl/α,β-unsaturated/α-hetero) is 1. The fourth-order valence-electron chi connectivity index (χ4n) is 1.75. The lowest BCUT2D eigenvalue weighted by Gasteiger charge is -2.16. The van der Waals surface area contributed by atoms with Crippen LogP contribution in [0.25, 0.3) is 5.57 Å². The molecule has 1 atom stereocenters. The van der Waals surface area contributed by atoms with E-state index >= 15 is 0 Å². The number of hydrogen-bond donors (Lipinski definition) is 2. The molecule has 4 nitrogen and oxygen atoms in total. The van der Waals surface area contributed by atoms with E-state index in [-0.39, 0.29) is 5.78 Å². The van der Waals surface area contributed by atoms with Gasteiger partial charge in [-0.25, -0.2) is 0 Å². The molecule has 1 heterocycles. The highest BCUT2D eigenvalue weighted by Crippen LogP contribution is 2.27. The minimum absolute atomic E-state index is 0.319. The van der Waals surface area contributed by atoms with E-state index in [4.69, 9.17) is 10.0 Å². The van der Waals surface area contributed by atoms with Crippen LogP contribution in [0, 0.1) is 6.92 Å². The van der Waals surface area contributed by atoms with Crippen molar-refractivity contribution in [1.82, 2.24) is 4.98 Å². The van der Waals surface area contributed by atoms with Gasteiger partial charge in [-0.1, -0.05) is 12.2 Å². The van der Waals surface area contributed by atoms with Crippen molar-refractivity contribution in [1.29, 1.82) is 0 Å². The van der Waals surface area contributed by atoms with Crippen LogP contribution in [0.1, 0.15) is 11.3 Å². The third-order valence-electron chi connectivity index (χ3n) is 2.66. The molecular formula is C12H12BNO3. The largest absolute Gasteiger partial charge is 0.466 e. The number of aryl methyl sites for hydroxylation is 1. The Hall–Kier alpha value is -1.72. The summed E-state index contributed by atoms with van der Waals surface area (Å²) in [5.74, 6) is -1.22. The quantitative estimate of drug-likeness (QED) is 0.734. The Labute approximate surface area is 99.5 Å². The third-order valence-corrected chi connectivity index (χ3v) is 2.66. The number of carbonyl (C=O) groups excluding carboxylic acids is 1. The molecule has 0 saturated carbocycles. The lowest BCUT2D eigenvalue weighted by atomic mass is 9.67. The SMILES string of the molecule is Cc1ccnc(C2=CC=CC(B(O)O)C2=O)c1. The van der Waals surface area contributed by atoms with Crippen molar-refractivity contribution in [2.45, 2.75) is 12.7 Å². The summed E-state index contributed by atoms with van der Waals surface area (Å²) >= 11 is 0. The molecule has 0 saturated heterocycles. The van der Waals surface area contributed by atoms with Gasteiger partial charge in [0.25, 0.3) is 0 Å². The summed E-state index contributed by atoms with van der Waals surface area (Å²) < 4.78 is 0. The zero-order chi connectivity index (χ0) is 12.4. The van der Waals surface area contributed by atoms with Crippen LogP contribution in [-0.4, -0.2) is 27.9 Å². The standard InChI is InChI=1S/C12H12BNO3/c1-8-5-6-14-11(7-8)9-3-2-4-10(12(9)15)13(16)17/h2-7,10,16-17H,1H3. The number of nitrogens with zero attached hydrogens (tertiary/aromatic N) is 1. The van der Waals surface area contributed by atoms with E-state index in [1.165, 1.54) is 6.08 Å². The van der Waals surface area contributed by atoms with Gasteiger partial charge in [0.15, 0.2) is 5.78 Å².